The molecule has 0 aliphatic carbocycles. The summed E-state index contributed by atoms with van der Waals surface area (Å²) in [5.74, 6) is -1.12. The van der Waals surface area contributed by atoms with Gasteiger partial charge in [-0.2, -0.15) is 0 Å². The number of nitrogens with one attached hydrogen (secondary N) is 2. The molecule has 0 aliphatic rings. The quantitative estimate of drug-likeness (QED) is 0.479. The Morgan fingerprint density at radius 2 is 2.33 bits per heavy atom. The average Bonchev–Trinajstić information content (AvgIpc) is 2.17. The second kappa shape index (κ2) is 5.11. The van der Waals surface area contributed by atoms with Crippen molar-refractivity contribution in [2.75, 3.05) is 18.5 Å². The topological polar surface area (TPSA) is 115 Å². The zero-order valence-corrected chi connectivity index (χ0v) is 7.86. The number of aliphatic hydroxyl groups excluding tert-OH is 1. The lowest BCUT2D eigenvalue weighted by atomic mass is 10.3. The van der Waals surface area contributed by atoms with Gasteiger partial charge in [-0.25, -0.2) is 9.78 Å². The van der Waals surface area contributed by atoms with Crippen LogP contribution in [0, 0.1) is 0 Å². The highest BCUT2D eigenvalue weighted by Gasteiger charge is 2.08. The fourth-order valence-electron chi connectivity index (χ4n) is 0.923. The van der Waals surface area contributed by atoms with Gasteiger partial charge in [-0.3, -0.25) is 9.78 Å². The molecule has 82 valence electrons. The smallest absolute Gasteiger partial charge is 0.342 e. The third-order valence-corrected chi connectivity index (χ3v) is 1.66. The van der Waals surface area contributed by atoms with Crippen molar-refractivity contribution in [3.8, 4) is 0 Å². The lowest BCUT2D eigenvalue weighted by Gasteiger charge is -2.03. The number of anilines is 1. The second-order valence-electron chi connectivity index (χ2n) is 2.78. The number of hydrogen-bond donors (Lipinski definition) is 4. The third kappa shape index (κ3) is 3.06. The first-order valence-electron chi connectivity index (χ1n) is 4.32. The van der Waals surface area contributed by atoms with Crippen LogP contribution in [0.25, 0.3) is 0 Å². The molecule has 0 atom stereocenters. The van der Waals surface area contributed by atoms with E-state index in [9.17, 15) is 9.59 Å². The molecule has 7 nitrogen and oxygen atoms in total. The van der Waals surface area contributed by atoms with E-state index in [4.69, 9.17) is 10.2 Å². The minimum Gasteiger partial charge on any atom is -0.477 e. The minimum absolute atomic E-state index is 0.0322. The number of H-pyrrole nitrogens is 1. The molecule has 0 fully saturated rings. The molecule has 0 bridgehead atoms. The normalized spacial score (nSPS) is 9.93. The van der Waals surface area contributed by atoms with E-state index in [2.05, 4.69) is 15.3 Å². The molecule has 4 N–H and O–H groups in total. The Bertz CT molecular complexity index is 401. The maximum atomic E-state index is 11.1. The van der Waals surface area contributed by atoms with E-state index >= 15 is 0 Å². The van der Waals surface area contributed by atoms with Crippen molar-refractivity contribution in [2.24, 2.45) is 0 Å². The Balaban J connectivity index is 2.74. The van der Waals surface area contributed by atoms with Gasteiger partial charge in [-0.15, -0.1) is 0 Å². The summed E-state index contributed by atoms with van der Waals surface area (Å²) in [5, 5.41) is 19.8. The van der Waals surface area contributed by atoms with Crippen LogP contribution < -0.4 is 10.9 Å². The van der Waals surface area contributed by atoms with Crippen LogP contribution in [0.15, 0.2) is 11.0 Å². The highest BCUT2D eigenvalue weighted by atomic mass is 16.4. The third-order valence-electron chi connectivity index (χ3n) is 1.66. The maximum Gasteiger partial charge on any atom is 0.342 e. The van der Waals surface area contributed by atoms with E-state index in [1.807, 2.05) is 0 Å². The van der Waals surface area contributed by atoms with Crippen molar-refractivity contribution in [3.05, 3.63) is 22.1 Å². The first-order chi connectivity index (χ1) is 7.15. The summed E-state index contributed by atoms with van der Waals surface area (Å²) in [6.07, 6.45) is 1.51. The number of nitrogens with zero attached hydrogens (tertiary/aromatic N) is 1. The van der Waals surface area contributed by atoms with Gasteiger partial charge in [-0.05, 0) is 6.42 Å². The van der Waals surface area contributed by atoms with Gasteiger partial charge >= 0.3 is 5.97 Å². The van der Waals surface area contributed by atoms with Crippen molar-refractivity contribution in [1.29, 1.82) is 0 Å². The summed E-state index contributed by atoms with van der Waals surface area (Å²) >= 11 is 0. The van der Waals surface area contributed by atoms with Crippen LogP contribution in [0.2, 0.25) is 0 Å². The zero-order valence-electron chi connectivity index (χ0n) is 7.86. The molecule has 1 aromatic rings. The molecule has 0 aromatic carbocycles. The van der Waals surface area contributed by atoms with E-state index in [-0.39, 0.29) is 12.6 Å². The van der Waals surface area contributed by atoms with Crippen LogP contribution in [0.5, 0.6) is 0 Å². The van der Waals surface area contributed by atoms with Gasteiger partial charge in [0.25, 0.3) is 5.56 Å². The molecule has 0 unspecified atom stereocenters. The number of rotatable bonds is 5. The van der Waals surface area contributed by atoms with Crippen molar-refractivity contribution in [3.63, 3.8) is 0 Å². The Labute approximate surface area is 84.8 Å². The Morgan fingerprint density at radius 3 is 2.87 bits per heavy atom. The average molecular weight is 213 g/mol. The van der Waals surface area contributed by atoms with E-state index < -0.39 is 17.1 Å². The Hall–Kier alpha value is -1.89. The molecule has 0 amide bonds. The summed E-state index contributed by atoms with van der Waals surface area (Å²) in [4.78, 5) is 27.6. The molecule has 1 heterocycles. The molecule has 0 radical (unpaired) electrons. The number of aliphatic hydroxyl groups is 1. The van der Waals surface area contributed by atoms with Gasteiger partial charge in [0.05, 0.1) is 6.20 Å². The zero-order chi connectivity index (χ0) is 11.3. The standard InChI is InChI=1S/C8H11N3O4/c12-3-1-2-9-8-10-4-5(7(14)15)6(13)11-8/h4,12H,1-3H2,(H,14,15)(H2,9,10,11,13). The van der Waals surface area contributed by atoms with Crippen molar-refractivity contribution in [2.45, 2.75) is 6.42 Å². The SMILES string of the molecule is O=C(O)c1cnc(NCCCO)[nH]c1=O. The molecule has 7 heteroatoms. The Morgan fingerprint density at radius 1 is 1.60 bits per heavy atom. The minimum atomic E-state index is -1.31. The van der Waals surface area contributed by atoms with E-state index in [0.29, 0.717) is 13.0 Å². The van der Waals surface area contributed by atoms with Crippen LogP contribution in [0.1, 0.15) is 16.8 Å². The van der Waals surface area contributed by atoms with Crippen molar-refractivity contribution < 1.29 is 15.0 Å². The lowest BCUT2D eigenvalue weighted by molar-refractivity contribution is 0.0694. The predicted octanol–water partition coefficient (Wildman–Crippen LogP) is -0.738. The molecule has 0 saturated heterocycles. The predicted molar refractivity (Wildman–Crippen MR) is 52.0 cm³/mol. The molecule has 1 rings (SSSR count). The number of carbonyl (C=O) groups is 1. The summed E-state index contributed by atoms with van der Waals surface area (Å²) < 4.78 is 0. The van der Waals surface area contributed by atoms with Crippen molar-refractivity contribution >= 4 is 11.9 Å². The molecular weight excluding hydrogens is 202 g/mol. The first-order valence-corrected chi connectivity index (χ1v) is 4.32. The fourth-order valence-corrected chi connectivity index (χ4v) is 0.923. The second-order valence-corrected chi connectivity index (χ2v) is 2.78. The van der Waals surface area contributed by atoms with Gasteiger partial charge in [0, 0.05) is 13.2 Å². The fraction of sp³-hybridized carbons (Fsp3) is 0.375. The van der Waals surface area contributed by atoms with E-state index in [0.717, 1.165) is 6.20 Å². The maximum absolute atomic E-state index is 11.1. The first kappa shape index (κ1) is 11.2. The molecule has 15 heavy (non-hydrogen) atoms. The van der Waals surface area contributed by atoms with Crippen molar-refractivity contribution in [1.82, 2.24) is 9.97 Å². The number of aromatic nitrogens is 2. The van der Waals surface area contributed by atoms with Gasteiger partial charge in [-0.1, -0.05) is 0 Å². The van der Waals surface area contributed by atoms with E-state index in [1.54, 1.807) is 0 Å². The molecular formula is C8H11N3O4. The highest BCUT2D eigenvalue weighted by Crippen LogP contribution is 1.95. The van der Waals surface area contributed by atoms with Crippen LogP contribution in [-0.4, -0.2) is 39.3 Å². The number of carboxylic acids is 1. The molecule has 0 spiro atoms. The summed E-state index contributed by atoms with van der Waals surface area (Å²) in [5.41, 5.74) is -1.10. The van der Waals surface area contributed by atoms with Crippen LogP contribution in [0.4, 0.5) is 5.95 Å². The molecule has 0 aliphatic heterocycles. The monoisotopic (exact) mass is 213 g/mol. The lowest BCUT2D eigenvalue weighted by Crippen LogP contribution is -2.20. The Kier molecular flexibility index (Phi) is 3.81. The van der Waals surface area contributed by atoms with Gasteiger partial charge < -0.3 is 15.5 Å². The van der Waals surface area contributed by atoms with Crippen LogP contribution in [0.3, 0.4) is 0 Å². The van der Waals surface area contributed by atoms with E-state index in [1.165, 1.54) is 0 Å². The summed E-state index contributed by atoms with van der Waals surface area (Å²) in [6.45, 7) is 0.482. The van der Waals surface area contributed by atoms with Crippen LogP contribution in [-0.2, 0) is 0 Å². The highest BCUT2D eigenvalue weighted by molar-refractivity contribution is 5.86. The summed E-state index contributed by atoms with van der Waals surface area (Å²) in [7, 11) is 0. The largest absolute Gasteiger partial charge is 0.477 e. The van der Waals surface area contributed by atoms with Gasteiger partial charge in [0.2, 0.25) is 5.95 Å². The molecule has 0 saturated carbocycles. The molecule has 1 aromatic heterocycles. The van der Waals surface area contributed by atoms with Crippen LogP contribution >= 0.6 is 0 Å². The number of aromatic amines is 1. The van der Waals surface area contributed by atoms with Gasteiger partial charge in [0.1, 0.15) is 5.56 Å². The summed E-state index contributed by atoms with van der Waals surface area (Å²) in [6, 6.07) is 0. The number of hydrogen-bond acceptors (Lipinski definition) is 5. The number of aromatic carboxylic acids is 1. The van der Waals surface area contributed by atoms with Gasteiger partial charge in [0.15, 0.2) is 0 Å². The number of carboxylic acid groups (broad SMARTS) is 1.